The van der Waals surface area contributed by atoms with Crippen LogP contribution in [0, 0.1) is 29.1 Å². The van der Waals surface area contributed by atoms with Crippen LogP contribution in [-0.4, -0.2) is 0 Å². The normalized spacial score (nSPS) is 49.3. The molecular formula is C14H26. The van der Waals surface area contributed by atoms with Gasteiger partial charge in [-0.05, 0) is 54.8 Å². The van der Waals surface area contributed by atoms with Crippen molar-refractivity contribution in [1.82, 2.24) is 0 Å². The molecule has 3 rings (SSSR count). The Morgan fingerprint density at radius 3 is 2.57 bits per heavy atom. The summed E-state index contributed by atoms with van der Waals surface area (Å²) in [6, 6.07) is 0. The lowest BCUT2D eigenvalue weighted by Crippen LogP contribution is -2.45. The second-order valence-electron chi connectivity index (χ2n) is 6.45. The first-order chi connectivity index (χ1) is 6.56. The Morgan fingerprint density at radius 2 is 2.07 bits per heavy atom. The van der Waals surface area contributed by atoms with Gasteiger partial charge in [0.2, 0.25) is 0 Å². The molecule has 2 bridgehead atoms. The molecular weight excluding hydrogens is 168 g/mol. The molecule has 0 aromatic heterocycles. The van der Waals surface area contributed by atoms with Crippen LogP contribution in [0.15, 0.2) is 0 Å². The maximum absolute atomic E-state index is 2.54. The molecule has 82 valence electrons. The quantitative estimate of drug-likeness (QED) is 0.607. The zero-order valence-corrected chi connectivity index (χ0v) is 10.3. The summed E-state index contributed by atoms with van der Waals surface area (Å²) in [4.78, 5) is 0. The molecule has 3 fully saturated rings. The molecule has 0 saturated heterocycles. The van der Waals surface area contributed by atoms with Gasteiger partial charge < -0.3 is 0 Å². The number of fused-ring (bicyclic) bond motifs is 3. The van der Waals surface area contributed by atoms with Gasteiger partial charge in [-0.3, -0.25) is 0 Å². The zero-order valence-electron chi connectivity index (χ0n) is 10.3. The molecule has 0 spiro atoms. The summed E-state index contributed by atoms with van der Waals surface area (Å²) in [6.07, 6.45) is 7.44. The standard InChI is InChI=1S/C14H26/c1-5-10(2)13-9-14(4)7-6-12(13)11(3)8-14/h10-13H,5-9H2,1-4H3. The van der Waals surface area contributed by atoms with E-state index in [2.05, 4.69) is 27.7 Å². The Balaban J connectivity index is 2.14. The van der Waals surface area contributed by atoms with Gasteiger partial charge in [0.1, 0.15) is 0 Å². The van der Waals surface area contributed by atoms with E-state index in [4.69, 9.17) is 0 Å². The van der Waals surface area contributed by atoms with E-state index in [-0.39, 0.29) is 0 Å². The van der Waals surface area contributed by atoms with E-state index < -0.39 is 0 Å². The highest BCUT2D eigenvalue weighted by Crippen LogP contribution is 2.57. The van der Waals surface area contributed by atoms with Gasteiger partial charge in [-0.1, -0.05) is 34.1 Å². The summed E-state index contributed by atoms with van der Waals surface area (Å²) >= 11 is 0. The lowest BCUT2D eigenvalue weighted by Gasteiger charge is -2.54. The fourth-order valence-corrected chi connectivity index (χ4v) is 4.30. The average molecular weight is 194 g/mol. The largest absolute Gasteiger partial charge is 0.0651 e. The third-order valence-electron chi connectivity index (χ3n) is 5.28. The minimum atomic E-state index is 0.711. The molecule has 5 unspecified atom stereocenters. The Morgan fingerprint density at radius 1 is 1.36 bits per heavy atom. The van der Waals surface area contributed by atoms with E-state index in [0.717, 1.165) is 23.7 Å². The molecule has 0 nitrogen and oxygen atoms in total. The van der Waals surface area contributed by atoms with Crippen LogP contribution in [-0.2, 0) is 0 Å². The second kappa shape index (κ2) is 3.54. The van der Waals surface area contributed by atoms with E-state index in [1.807, 2.05) is 0 Å². The summed E-state index contributed by atoms with van der Waals surface area (Å²) in [6.45, 7) is 9.87. The molecule has 0 aromatic rings. The maximum atomic E-state index is 2.54. The van der Waals surface area contributed by atoms with Crippen molar-refractivity contribution < 1.29 is 0 Å². The van der Waals surface area contributed by atoms with Crippen molar-refractivity contribution >= 4 is 0 Å². The molecule has 3 aliphatic carbocycles. The smallest absolute Gasteiger partial charge is 0.0320 e. The van der Waals surface area contributed by atoms with Crippen LogP contribution < -0.4 is 0 Å². The zero-order chi connectivity index (χ0) is 10.3. The highest BCUT2D eigenvalue weighted by atomic mass is 14.5. The van der Waals surface area contributed by atoms with Gasteiger partial charge >= 0.3 is 0 Å². The summed E-state index contributed by atoms with van der Waals surface area (Å²) in [7, 11) is 0. The van der Waals surface area contributed by atoms with E-state index in [9.17, 15) is 0 Å². The van der Waals surface area contributed by atoms with Crippen LogP contribution in [0.25, 0.3) is 0 Å². The van der Waals surface area contributed by atoms with Crippen molar-refractivity contribution in [2.24, 2.45) is 29.1 Å². The SMILES string of the molecule is CCC(C)C1CC2(C)CCC1C(C)C2. The topological polar surface area (TPSA) is 0 Å². The summed E-state index contributed by atoms with van der Waals surface area (Å²) in [5.41, 5.74) is 0.711. The Labute approximate surface area is 89.5 Å². The molecule has 0 aliphatic heterocycles. The number of hydrogen-bond donors (Lipinski definition) is 0. The van der Waals surface area contributed by atoms with Crippen molar-refractivity contribution in [2.45, 2.75) is 59.8 Å². The van der Waals surface area contributed by atoms with Crippen LogP contribution in [0.2, 0.25) is 0 Å². The predicted molar refractivity (Wildman–Crippen MR) is 62.2 cm³/mol. The first kappa shape index (κ1) is 10.5. The molecule has 0 radical (unpaired) electrons. The monoisotopic (exact) mass is 194 g/mol. The molecule has 0 heteroatoms. The van der Waals surface area contributed by atoms with Crippen LogP contribution in [0.4, 0.5) is 0 Å². The van der Waals surface area contributed by atoms with Crippen LogP contribution >= 0.6 is 0 Å². The summed E-state index contributed by atoms with van der Waals surface area (Å²) in [5, 5.41) is 0. The van der Waals surface area contributed by atoms with Crippen LogP contribution in [0.3, 0.4) is 0 Å². The van der Waals surface area contributed by atoms with Gasteiger partial charge in [0.25, 0.3) is 0 Å². The van der Waals surface area contributed by atoms with Crippen molar-refractivity contribution in [3.8, 4) is 0 Å². The lowest BCUT2D eigenvalue weighted by molar-refractivity contribution is -0.0406. The van der Waals surface area contributed by atoms with Crippen molar-refractivity contribution in [2.75, 3.05) is 0 Å². The van der Waals surface area contributed by atoms with Crippen LogP contribution in [0.5, 0.6) is 0 Å². The van der Waals surface area contributed by atoms with Crippen LogP contribution in [0.1, 0.15) is 59.8 Å². The Bertz CT molecular complexity index is 208. The highest BCUT2D eigenvalue weighted by Gasteiger charge is 2.47. The summed E-state index contributed by atoms with van der Waals surface area (Å²) in [5.74, 6) is 4.07. The molecule has 0 heterocycles. The highest BCUT2D eigenvalue weighted by molar-refractivity contribution is 4.97. The number of hydrogen-bond acceptors (Lipinski definition) is 0. The van der Waals surface area contributed by atoms with Gasteiger partial charge in [-0.2, -0.15) is 0 Å². The van der Waals surface area contributed by atoms with E-state index in [1.165, 1.54) is 32.1 Å². The molecule has 14 heavy (non-hydrogen) atoms. The Kier molecular flexibility index (Phi) is 2.66. The minimum absolute atomic E-state index is 0.711. The molecule has 5 atom stereocenters. The maximum Gasteiger partial charge on any atom is -0.0320 e. The van der Waals surface area contributed by atoms with E-state index >= 15 is 0 Å². The van der Waals surface area contributed by atoms with Crippen molar-refractivity contribution in [3.05, 3.63) is 0 Å². The second-order valence-corrected chi connectivity index (χ2v) is 6.45. The van der Waals surface area contributed by atoms with E-state index in [0.29, 0.717) is 5.41 Å². The first-order valence-corrected chi connectivity index (χ1v) is 6.56. The third kappa shape index (κ3) is 1.61. The Hall–Kier alpha value is 0. The number of rotatable bonds is 2. The van der Waals surface area contributed by atoms with Gasteiger partial charge in [0.15, 0.2) is 0 Å². The lowest BCUT2D eigenvalue weighted by atomic mass is 9.51. The summed E-state index contributed by atoms with van der Waals surface area (Å²) < 4.78 is 0. The molecule has 0 N–H and O–H groups in total. The third-order valence-corrected chi connectivity index (χ3v) is 5.28. The molecule has 3 saturated carbocycles. The minimum Gasteiger partial charge on any atom is -0.0651 e. The molecule has 0 amide bonds. The van der Waals surface area contributed by atoms with Gasteiger partial charge in [-0.25, -0.2) is 0 Å². The predicted octanol–water partition coefficient (Wildman–Crippen LogP) is 4.49. The van der Waals surface area contributed by atoms with Crippen molar-refractivity contribution in [1.29, 1.82) is 0 Å². The fourth-order valence-electron chi connectivity index (χ4n) is 4.30. The van der Waals surface area contributed by atoms with E-state index in [1.54, 1.807) is 0 Å². The molecule has 3 aliphatic rings. The van der Waals surface area contributed by atoms with Gasteiger partial charge in [-0.15, -0.1) is 0 Å². The van der Waals surface area contributed by atoms with Crippen molar-refractivity contribution in [3.63, 3.8) is 0 Å². The van der Waals surface area contributed by atoms with Gasteiger partial charge in [0, 0.05) is 0 Å². The van der Waals surface area contributed by atoms with Gasteiger partial charge in [0.05, 0.1) is 0 Å². The first-order valence-electron chi connectivity index (χ1n) is 6.56. The molecule has 0 aromatic carbocycles. The fraction of sp³-hybridized carbons (Fsp3) is 1.00. The average Bonchev–Trinajstić information content (AvgIpc) is 2.15.